The molecule has 0 aromatic heterocycles. The van der Waals surface area contributed by atoms with Gasteiger partial charge < -0.3 is 15.4 Å². The van der Waals surface area contributed by atoms with Crippen LogP contribution in [0.4, 0.5) is 0 Å². The van der Waals surface area contributed by atoms with Crippen molar-refractivity contribution in [3.05, 3.63) is 11.6 Å². The molecule has 2 N–H and O–H groups in total. The van der Waals surface area contributed by atoms with Gasteiger partial charge in [-0.25, -0.2) is 0 Å². The fourth-order valence-corrected chi connectivity index (χ4v) is 1.09. The maximum absolute atomic E-state index is 11.9. The van der Waals surface area contributed by atoms with Crippen molar-refractivity contribution in [1.82, 2.24) is 4.90 Å². The fourth-order valence-electron chi connectivity index (χ4n) is 1.09. The van der Waals surface area contributed by atoms with Gasteiger partial charge in [0.05, 0.1) is 12.6 Å². The van der Waals surface area contributed by atoms with Gasteiger partial charge in [0.25, 0.3) is 6.47 Å². The Labute approximate surface area is 143 Å². The fraction of sp³-hybridized carbons (Fsp3) is 0.778. The highest BCUT2D eigenvalue weighted by Gasteiger charge is 2.29. The highest BCUT2D eigenvalue weighted by Crippen LogP contribution is 2.18. The average Bonchev–Trinajstić information content (AvgIpc) is 2.44. The van der Waals surface area contributed by atoms with Crippen molar-refractivity contribution in [2.24, 2.45) is 11.1 Å². The summed E-state index contributed by atoms with van der Waals surface area (Å²) in [4.78, 5) is 22.7. The van der Waals surface area contributed by atoms with Crippen molar-refractivity contribution in [2.45, 2.75) is 67.9 Å². The molecule has 0 saturated heterocycles. The first-order valence-corrected chi connectivity index (χ1v) is 8.18. The molecule has 0 aliphatic heterocycles. The molecule has 0 fully saturated rings. The molecule has 138 valence electrons. The zero-order chi connectivity index (χ0) is 19.1. The van der Waals surface area contributed by atoms with Crippen LogP contribution in [0.25, 0.3) is 0 Å². The molecule has 0 spiro atoms. The predicted octanol–water partition coefficient (Wildman–Crippen LogP) is 3.38. The number of carbonyl (C=O) groups excluding carboxylic acids is 2. The van der Waals surface area contributed by atoms with E-state index in [4.69, 9.17) is 5.73 Å². The van der Waals surface area contributed by atoms with Crippen LogP contribution in [-0.4, -0.2) is 43.5 Å². The van der Waals surface area contributed by atoms with Gasteiger partial charge in [-0.3, -0.25) is 9.59 Å². The van der Waals surface area contributed by atoms with E-state index in [1.165, 1.54) is 12.0 Å². The second-order valence-electron chi connectivity index (χ2n) is 6.60. The molecule has 23 heavy (non-hydrogen) atoms. The molecular weight excluding hydrogens is 292 g/mol. The van der Waals surface area contributed by atoms with Crippen molar-refractivity contribution in [3.63, 3.8) is 0 Å². The van der Waals surface area contributed by atoms with Crippen molar-refractivity contribution >= 4 is 12.4 Å². The highest BCUT2D eigenvalue weighted by molar-refractivity contribution is 5.82. The van der Waals surface area contributed by atoms with Crippen molar-refractivity contribution in [3.8, 4) is 0 Å². The number of hydrogen-bond acceptors (Lipinski definition) is 4. The third-order valence-corrected chi connectivity index (χ3v) is 2.58. The Morgan fingerprint density at radius 3 is 1.87 bits per heavy atom. The van der Waals surface area contributed by atoms with Gasteiger partial charge in [-0.1, -0.05) is 52.7 Å². The molecule has 1 unspecified atom stereocenters. The van der Waals surface area contributed by atoms with E-state index in [9.17, 15) is 9.59 Å². The number of amides is 1. The third kappa shape index (κ3) is 18.6. The Morgan fingerprint density at radius 2 is 1.65 bits per heavy atom. The summed E-state index contributed by atoms with van der Waals surface area (Å²) in [7, 11) is 1.79. The van der Waals surface area contributed by atoms with E-state index >= 15 is 0 Å². The number of likely N-dealkylation sites (N-methyl/N-ethyl adjacent to an activating group) is 1. The summed E-state index contributed by atoms with van der Waals surface area (Å²) < 4.78 is 4.15. The topological polar surface area (TPSA) is 72.6 Å². The van der Waals surface area contributed by atoms with E-state index < -0.39 is 6.04 Å². The Balaban J connectivity index is -0.000000414. The maximum atomic E-state index is 11.9. The van der Waals surface area contributed by atoms with Crippen LogP contribution in [0.5, 0.6) is 0 Å². The molecule has 0 aliphatic carbocycles. The maximum Gasteiger partial charge on any atom is 0.293 e. The van der Waals surface area contributed by atoms with Gasteiger partial charge in [0.15, 0.2) is 0 Å². The molecule has 0 heterocycles. The highest BCUT2D eigenvalue weighted by atomic mass is 16.5. The molecule has 0 aliphatic rings. The lowest BCUT2D eigenvalue weighted by molar-refractivity contribution is -0.133. The minimum absolute atomic E-state index is 0.000000000000000222. The summed E-state index contributed by atoms with van der Waals surface area (Å²) in [5.74, 6) is 0.000000000000000222. The van der Waals surface area contributed by atoms with Crippen LogP contribution in [0.2, 0.25) is 0 Å². The summed E-state index contributed by atoms with van der Waals surface area (Å²) in [5, 5.41) is 0. The summed E-state index contributed by atoms with van der Waals surface area (Å²) in [5.41, 5.74) is 6.91. The smallest absolute Gasteiger partial charge is 0.293 e. The molecule has 1 amide bonds. The number of rotatable bonds is 5. The largest absolute Gasteiger partial charge is 0.468 e. The van der Waals surface area contributed by atoms with Gasteiger partial charge in [0, 0.05) is 13.6 Å². The van der Waals surface area contributed by atoms with Gasteiger partial charge in [-0.15, -0.1) is 0 Å². The zero-order valence-electron chi connectivity index (χ0n) is 16.6. The Hall–Kier alpha value is -1.36. The number of carbonyl (C=O) groups is 2. The molecule has 0 bridgehead atoms. The van der Waals surface area contributed by atoms with Crippen LogP contribution in [-0.2, 0) is 14.3 Å². The quantitative estimate of drug-likeness (QED) is 0.619. The monoisotopic (exact) mass is 330 g/mol. The molecular formula is C18H38N2O3. The van der Waals surface area contributed by atoms with Gasteiger partial charge >= 0.3 is 0 Å². The minimum atomic E-state index is -0.437. The molecule has 5 nitrogen and oxygen atoms in total. The zero-order valence-corrected chi connectivity index (χ0v) is 16.6. The predicted molar refractivity (Wildman–Crippen MR) is 98.2 cm³/mol. The van der Waals surface area contributed by atoms with E-state index in [-0.39, 0.29) is 11.3 Å². The molecule has 0 saturated carbocycles. The first kappa shape index (κ1) is 26.5. The van der Waals surface area contributed by atoms with E-state index in [1.807, 2.05) is 40.7 Å². The molecule has 0 radical (unpaired) electrons. The second kappa shape index (κ2) is 15.5. The number of nitrogens with two attached hydrogens (primary N) is 1. The van der Waals surface area contributed by atoms with Crippen LogP contribution >= 0.6 is 0 Å². The normalized spacial score (nSPS) is 10.9. The van der Waals surface area contributed by atoms with E-state index in [0.29, 0.717) is 19.6 Å². The average molecular weight is 331 g/mol. The SMILES string of the molecule is CC(C)=CCN(C)C(=O)C(N)C(C)(C)C.CCC.CCOC=O. The van der Waals surface area contributed by atoms with E-state index in [2.05, 4.69) is 18.6 Å². The number of nitrogens with zero attached hydrogens (tertiary/aromatic N) is 1. The van der Waals surface area contributed by atoms with Gasteiger partial charge in [-0.2, -0.15) is 0 Å². The van der Waals surface area contributed by atoms with Gasteiger partial charge in [0.1, 0.15) is 0 Å². The molecule has 0 aromatic carbocycles. The standard InChI is InChI=1S/C12H24N2O.C3H6O2.C3H8/c1-9(2)7-8-14(6)11(15)10(13)12(3,4)5;1-2-5-3-4;1-3-2/h7,10H,8,13H2,1-6H3;3H,2H2,1H3;3H2,1-2H3. The van der Waals surface area contributed by atoms with Crippen LogP contribution in [0.1, 0.15) is 61.8 Å². The number of ether oxygens (including phenoxy) is 1. The molecule has 5 heteroatoms. The Bertz CT molecular complexity index is 330. The summed E-state index contributed by atoms with van der Waals surface area (Å²) in [6.07, 6.45) is 3.27. The molecule has 0 aromatic rings. The van der Waals surface area contributed by atoms with Gasteiger partial charge in [-0.05, 0) is 26.2 Å². The number of allylic oxidation sites excluding steroid dienone is 1. The molecule has 1 atom stereocenters. The Morgan fingerprint density at radius 1 is 1.22 bits per heavy atom. The molecule has 0 rings (SSSR count). The summed E-state index contributed by atoms with van der Waals surface area (Å²) >= 11 is 0. The van der Waals surface area contributed by atoms with Crippen molar-refractivity contribution in [2.75, 3.05) is 20.2 Å². The Kier molecular flexibility index (Phi) is 17.9. The van der Waals surface area contributed by atoms with Gasteiger partial charge in [0.2, 0.25) is 5.91 Å². The minimum Gasteiger partial charge on any atom is -0.468 e. The van der Waals surface area contributed by atoms with Crippen LogP contribution < -0.4 is 5.73 Å². The first-order valence-electron chi connectivity index (χ1n) is 8.18. The lowest BCUT2D eigenvalue weighted by Crippen LogP contribution is -2.49. The second-order valence-corrected chi connectivity index (χ2v) is 6.60. The van der Waals surface area contributed by atoms with Crippen molar-refractivity contribution in [1.29, 1.82) is 0 Å². The number of hydrogen-bond donors (Lipinski definition) is 1. The first-order chi connectivity index (χ1) is 10.5. The van der Waals surface area contributed by atoms with Crippen LogP contribution in [0, 0.1) is 5.41 Å². The summed E-state index contributed by atoms with van der Waals surface area (Å²) in [6.45, 7) is 17.5. The summed E-state index contributed by atoms with van der Waals surface area (Å²) in [6, 6.07) is -0.437. The van der Waals surface area contributed by atoms with Crippen LogP contribution in [0.15, 0.2) is 11.6 Å². The van der Waals surface area contributed by atoms with Crippen LogP contribution in [0.3, 0.4) is 0 Å². The third-order valence-electron chi connectivity index (χ3n) is 2.58. The van der Waals surface area contributed by atoms with E-state index in [1.54, 1.807) is 18.9 Å². The van der Waals surface area contributed by atoms with E-state index in [0.717, 1.165) is 0 Å². The lowest BCUT2D eigenvalue weighted by atomic mass is 9.86. The van der Waals surface area contributed by atoms with Crippen molar-refractivity contribution < 1.29 is 14.3 Å². The lowest BCUT2D eigenvalue weighted by Gasteiger charge is -2.29.